The number of fused-ring (bicyclic) bond motifs is 2. The largest absolute Gasteiger partial charge is 0.503 e. The Morgan fingerprint density at radius 2 is 1.00 bits per heavy atom. The average molecular weight is 581 g/mol. The SMILES string of the molecule is CO.CO.Cc1c(O)c(=O)ccn1-c1ccc2ncsc2c1.Cc1c(O)c(=O)ccn1-c1ccc2ncsc2c1. The molecule has 4 N–H and O–H groups in total. The van der Waals surface area contributed by atoms with Gasteiger partial charge in [-0.2, -0.15) is 0 Å². The van der Waals surface area contributed by atoms with Crippen molar-refractivity contribution in [3.05, 3.63) is 104 Å². The number of thiazole rings is 2. The Kier molecular flexibility index (Phi) is 10.3. The van der Waals surface area contributed by atoms with Crippen LogP contribution in [0.1, 0.15) is 11.4 Å². The third kappa shape index (κ3) is 6.26. The molecular formula is C28H28N4O6S2. The minimum atomic E-state index is -0.359. The summed E-state index contributed by atoms with van der Waals surface area (Å²) in [5, 5.41) is 33.4. The van der Waals surface area contributed by atoms with Gasteiger partial charge in [-0.15, -0.1) is 22.7 Å². The molecule has 0 unspecified atom stereocenters. The maximum atomic E-state index is 11.3. The summed E-state index contributed by atoms with van der Waals surface area (Å²) in [6.45, 7) is 3.43. The molecule has 0 amide bonds. The van der Waals surface area contributed by atoms with Gasteiger partial charge < -0.3 is 29.6 Å². The summed E-state index contributed by atoms with van der Waals surface area (Å²) in [5.74, 6) is -0.413. The molecule has 0 saturated heterocycles. The first-order valence-corrected chi connectivity index (χ1v) is 13.5. The minimum absolute atomic E-state index is 0.207. The molecule has 0 aliphatic carbocycles. The number of aliphatic hydroxyl groups excluding tert-OH is 2. The first-order chi connectivity index (χ1) is 19.3. The van der Waals surface area contributed by atoms with Crippen molar-refractivity contribution in [2.75, 3.05) is 14.2 Å². The van der Waals surface area contributed by atoms with E-state index in [1.807, 2.05) is 36.4 Å². The number of aromatic hydroxyl groups is 2. The van der Waals surface area contributed by atoms with Crippen LogP contribution in [0.2, 0.25) is 0 Å². The highest BCUT2D eigenvalue weighted by Gasteiger charge is 2.09. The molecule has 6 rings (SSSR count). The van der Waals surface area contributed by atoms with Crippen LogP contribution in [0.25, 0.3) is 31.8 Å². The maximum Gasteiger partial charge on any atom is 0.223 e. The van der Waals surface area contributed by atoms with Crippen LogP contribution in [0.4, 0.5) is 0 Å². The van der Waals surface area contributed by atoms with E-state index in [-0.39, 0.29) is 22.4 Å². The lowest BCUT2D eigenvalue weighted by molar-refractivity contribution is 0.399. The summed E-state index contributed by atoms with van der Waals surface area (Å²) in [6.07, 6.45) is 3.33. The van der Waals surface area contributed by atoms with E-state index in [4.69, 9.17) is 10.2 Å². The van der Waals surface area contributed by atoms with E-state index in [1.165, 1.54) is 12.1 Å². The first kappa shape index (κ1) is 30.2. The second-order valence-electron chi connectivity index (χ2n) is 7.98. The van der Waals surface area contributed by atoms with Crippen molar-refractivity contribution < 1.29 is 20.4 Å². The Hall–Kier alpha value is -4.36. The lowest BCUT2D eigenvalue weighted by atomic mass is 10.2. The minimum Gasteiger partial charge on any atom is -0.503 e. The third-order valence-corrected chi connectivity index (χ3v) is 7.39. The summed E-state index contributed by atoms with van der Waals surface area (Å²) < 4.78 is 5.72. The molecular weight excluding hydrogens is 552 g/mol. The van der Waals surface area contributed by atoms with Gasteiger partial charge in [-0.1, -0.05) is 0 Å². The Morgan fingerprint density at radius 3 is 1.38 bits per heavy atom. The zero-order valence-corrected chi connectivity index (χ0v) is 23.8. The molecule has 4 aromatic heterocycles. The fourth-order valence-corrected chi connectivity index (χ4v) is 5.22. The Morgan fingerprint density at radius 1 is 0.625 bits per heavy atom. The van der Waals surface area contributed by atoms with Gasteiger partial charge in [0.25, 0.3) is 0 Å². The van der Waals surface area contributed by atoms with E-state index in [1.54, 1.807) is 69.1 Å². The van der Waals surface area contributed by atoms with Crippen LogP contribution in [-0.4, -0.2) is 53.7 Å². The molecule has 40 heavy (non-hydrogen) atoms. The van der Waals surface area contributed by atoms with Crippen LogP contribution in [0.15, 0.2) is 81.5 Å². The molecule has 2 aromatic carbocycles. The predicted octanol–water partition coefficient (Wildman–Crippen LogP) is 4.14. The van der Waals surface area contributed by atoms with E-state index in [0.717, 1.165) is 46.0 Å². The molecule has 0 radical (unpaired) electrons. The van der Waals surface area contributed by atoms with Gasteiger partial charge in [0.2, 0.25) is 10.9 Å². The van der Waals surface area contributed by atoms with Gasteiger partial charge in [0.15, 0.2) is 11.5 Å². The molecule has 0 spiro atoms. The Balaban J connectivity index is 0.000000196. The summed E-state index contributed by atoms with van der Waals surface area (Å²) in [5.41, 5.74) is 7.65. The smallest absolute Gasteiger partial charge is 0.223 e. The normalized spacial score (nSPS) is 10.2. The van der Waals surface area contributed by atoms with Crippen molar-refractivity contribution in [3.63, 3.8) is 0 Å². The molecule has 12 heteroatoms. The van der Waals surface area contributed by atoms with Crippen molar-refractivity contribution in [2.24, 2.45) is 0 Å². The second-order valence-corrected chi connectivity index (χ2v) is 9.75. The van der Waals surface area contributed by atoms with Gasteiger partial charge in [-0.05, 0) is 50.2 Å². The summed E-state index contributed by atoms with van der Waals surface area (Å²) in [6, 6.07) is 14.4. The zero-order valence-electron chi connectivity index (χ0n) is 22.1. The molecule has 6 aromatic rings. The number of nitrogens with zero attached hydrogens (tertiary/aromatic N) is 4. The van der Waals surface area contributed by atoms with E-state index < -0.39 is 0 Å². The van der Waals surface area contributed by atoms with Crippen LogP contribution in [-0.2, 0) is 0 Å². The van der Waals surface area contributed by atoms with Crippen LogP contribution in [0.3, 0.4) is 0 Å². The van der Waals surface area contributed by atoms with Crippen molar-refractivity contribution in [2.45, 2.75) is 13.8 Å². The number of aliphatic hydroxyl groups is 2. The van der Waals surface area contributed by atoms with Gasteiger partial charge in [0, 0.05) is 50.1 Å². The highest BCUT2D eigenvalue weighted by atomic mass is 32.1. The van der Waals surface area contributed by atoms with Gasteiger partial charge in [0.05, 0.1) is 42.8 Å². The molecule has 0 aliphatic heterocycles. The monoisotopic (exact) mass is 580 g/mol. The molecule has 0 aliphatic rings. The van der Waals surface area contributed by atoms with Gasteiger partial charge in [0.1, 0.15) is 0 Å². The molecule has 4 heterocycles. The fraction of sp³-hybridized carbons (Fsp3) is 0.143. The Bertz CT molecular complexity index is 1720. The predicted molar refractivity (Wildman–Crippen MR) is 160 cm³/mol. The first-order valence-electron chi connectivity index (χ1n) is 11.7. The third-order valence-electron chi connectivity index (χ3n) is 5.81. The molecule has 0 saturated carbocycles. The summed E-state index contributed by atoms with van der Waals surface area (Å²) in [7, 11) is 2.00. The molecule has 0 fully saturated rings. The quantitative estimate of drug-likeness (QED) is 0.239. The van der Waals surface area contributed by atoms with E-state index in [0.29, 0.717) is 11.4 Å². The van der Waals surface area contributed by atoms with E-state index in [2.05, 4.69) is 9.97 Å². The number of rotatable bonds is 2. The van der Waals surface area contributed by atoms with Crippen LogP contribution in [0, 0.1) is 13.8 Å². The van der Waals surface area contributed by atoms with Crippen molar-refractivity contribution >= 4 is 43.1 Å². The van der Waals surface area contributed by atoms with Gasteiger partial charge >= 0.3 is 0 Å². The summed E-state index contributed by atoms with van der Waals surface area (Å²) in [4.78, 5) is 31.1. The molecule has 0 bridgehead atoms. The average Bonchev–Trinajstić information content (AvgIpc) is 3.66. The Labute approximate surface area is 237 Å². The van der Waals surface area contributed by atoms with E-state index >= 15 is 0 Å². The lowest BCUT2D eigenvalue weighted by Gasteiger charge is -2.11. The van der Waals surface area contributed by atoms with Crippen LogP contribution < -0.4 is 10.9 Å². The number of hydrogen-bond donors (Lipinski definition) is 4. The summed E-state index contributed by atoms with van der Waals surface area (Å²) >= 11 is 3.12. The highest BCUT2D eigenvalue weighted by molar-refractivity contribution is 7.17. The lowest BCUT2D eigenvalue weighted by Crippen LogP contribution is -2.08. The van der Waals surface area contributed by atoms with Crippen LogP contribution >= 0.6 is 22.7 Å². The van der Waals surface area contributed by atoms with E-state index in [9.17, 15) is 19.8 Å². The standard InChI is InChI=1S/2C13H10N2O2S.2CH4O/c2*1-8-13(17)11(16)4-5-15(8)9-2-3-10-12(6-9)18-7-14-10;2*1-2/h2*2-7,17H,1H3;2*2H,1H3. The van der Waals surface area contributed by atoms with Crippen molar-refractivity contribution in [1.82, 2.24) is 19.1 Å². The van der Waals surface area contributed by atoms with Gasteiger partial charge in [-0.3, -0.25) is 9.59 Å². The second kappa shape index (κ2) is 13.6. The van der Waals surface area contributed by atoms with Crippen molar-refractivity contribution in [1.29, 1.82) is 0 Å². The molecule has 0 atom stereocenters. The fourth-order valence-electron chi connectivity index (χ4n) is 3.80. The number of aromatic nitrogens is 4. The molecule has 10 nitrogen and oxygen atoms in total. The van der Waals surface area contributed by atoms with Crippen LogP contribution in [0.5, 0.6) is 11.5 Å². The topological polar surface area (TPSA) is 151 Å². The number of benzene rings is 2. The number of hydrogen-bond acceptors (Lipinski definition) is 10. The van der Waals surface area contributed by atoms with Crippen molar-refractivity contribution in [3.8, 4) is 22.9 Å². The number of pyridine rings is 2. The van der Waals surface area contributed by atoms with Gasteiger partial charge in [-0.25, -0.2) is 9.97 Å². The highest BCUT2D eigenvalue weighted by Crippen LogP contribution is 2.24. The molecule has 208 valence electrons. The maximum absolute atomic E-state index is 11.3. The zero-order chi connectivity index (χ0) is 29.4.